The van der Waals surface area contributed by atoms with E-state index in [9.17, 15) is 27.1 Å². The third-order valence-electron chi connectivity index (χ3n) is 5.09. The van der Waals surface area contributed by atoms with E-state index >= 15 is 8.78 Å². The van der Waals surface area contributed by atoms with Crippen LogP contribution < -0.4 is 4.74 Å². The lowest BCUT2D eigenvalue weighted by atomic mass is 9.84. The molecule has 1 N–H and O–H groups in total. The number of rotatable bonds is 7. The summed E-state index contributed by atoms with van der Waals surface area (Å²) in [4.78, 5) is 7.02. The van der Waals surface area contributed by atoms with Gasteiger partial charge in [-0.25, -0.2) is 18.4 Å². The molecule has 1 unspecified atom stereocenters. The minimum Gasteiger partial charge on any atom is -0.436 e. The lowest BCUT2D eigenvalue weighted by molar-refractivity contribution is -0.207. The van der Waals surface area contributed by atoms with Crippen LogP contribution in [-0.2, 0) is 24.2 Å². The maximum absolute atomic E-state index is 15.7. The summed E-state index contributed by atoms with van der Waals surface area (Å²) < 4.78 is 104. The molecule has 37 heavy (non-hydrogen) atoms. The van der Waals surface area contributed by atoms with Crippen LogP contribution in [0.15, 0.2) is 55.1 Å². The number of aliphatic hydroxyl groups is 1. The molecule has 3 heterocycles. The fraction of sp³-hybridized carbons (Fsp3) is 0.190. The number of pyridine rings is 2. The van der Waals surface area contributed by atoms with E-state index in [0.717, 1.165) is 24.7 Å². The molecule has 8 nitrogen and oxygen atoms in total. The first kappa shape index (κ1) is 26.2. The topological polar surface area (TPSA) is 98.8 Å². The zero-order valence-corrected chi connectivity index (χ0v) is 18.7. The van der Waals surface area contributed by atoms with Crippen LogP contribution in [0.1, 0.15) is 16.8 Å². The molecule has 0 saturated heterocycles. The fourth-order valence-corrected chi connectivity index (χ4v) is 3.48. The van der Waals surface area contributed by atoms with Gasteiger partial charge in [-0.2, -0.15) is 22.0 Å². The summed E-state index contributed by atoms with van der Waals surface area (Å²) in [5, 5.41) is 20.6. The zero-order valence-electron chi connectivity index (χ0n) is 18.0. The van der Waals surface area contributed by atoms with E-state index in [1.54, 1.807) is 0 Å². The highest BCUT2D eigenvalue weighted by Crippen LogP contribution is 2.47. The van der Waals surface area contributed by atoms with Crippen LogP contribution in [-0.4, -0.2) is 35.3 Å². The molecule has 3 aromatic heterocycles. The van der Waals surface area contributed by atoms with Crippen molar-refractivity contribution in [2.24, 2.45) is 0 Å². The highest BCUT2D eigenvalue weighted by molar-refractivity contribution is 6.31. The van der Waals surface area contributed by atoms with Crippen molar-refractivity contribution >= 4 is 11.6 Å². The average molecular weight is 549 g/mol. The number of ether oxygens (including phenoxy) is 1. The van der Waals surface area contributed by atoms with E-state index in [0.29, 0.717) is 35.1 Å². The number of halogens is 8. The van der Waals surface area contributed by atoms with Gasteiger partial charge in [-0.15, -0.1) is 5.10 Å². The Kier molecular flexibility index (Phi) is 6.77. The Morgan fingerprint density at radius 2 is 1.73 bits per heavy atom. The normalized spacial score (nSPS) is 13.9. The quantitative estimate of drug-likeness (QED) is 0.329. The maximum atomic E-state index is 15.7. The molecular formula is C21H12ClF7N6O2. The first-order chi connectivity index (χ1) is 17.3. The smallest absolute Gasteiger partial charge is 0.417 e. The Bertz CT molecular complexity index is 1400. The molecule has 0 saturated carbocycles. The Hall–Kier alpha value is -3.85. The van der Waals surface area contributed by atoms with E-state index in [-0.39, 0.29) is 5.75 Å². The number of nitrogens with zero attached hydrogens (tertiary/aromatic N) is 6. The zero-order chi connectivity index (χ0) is 27.0. The summed E-state index contributed by atoms with van der Waals surface area (Å²) in [6, 6.07) is 3.89. The highest BCUT2D eigenvalue weighted by atomic mass is 35.5. The third kappa shape index (κ3) is 5.17. The van der Waals surface area contributed by atoms with E-state index in [1.165, 1.54) is 0 Å². The minimum absolute atomic E-state index is 0.245. The summed E-state index contributed by atoms with van der Waals surface area (Å²) in [6.07, 6.45) is -2.58. The summed E-state index contributed by atoms with van der Waals surface area (Å²) in [5.41, 5.74) is -6.51. The fourth-order valence-electron chi connectivity index (χ4n) is 3.27. The van der Waals surface area contributed by atoms with Crippen LogP contribution in [0.5, 0.6) is 11.6 Å². The van der Waals surface area contributed by atoms with Crippen LogP contribution in [0, 0.1) is 11.6 Å². The van der Waals surface area contributed by atoms with E-state index < -0.39 is 63.6 Å². The summed E-state index contributed by atoms with van der Waals surface area (Å²) in [6.45, 7) is -1.05. The van der Waals surface area contributed by atoms with Gasteiger partial charge in [-0.1, -0.05) is 11.6 Å². The molecule has 0 spiro atoms. The second-order valence-corrected chi connectivity index (χ2v) is 7.96. The van der Waals surface area contributed by atoms with Gasteiger partial charge < -0.3 is 9.84 Å². The van der Waals surface area contributed by atoms with Crippen molar-refractivity contribution in [2.45, 2.75) is 24.2 Å². The Balaban J connectivity index is 1.67. The predicted molar refractivity (Wildman–Crippen MR) is 111 cm³/mol. The molecular weight excluding hydrogens is 537 g/mol. The van der Waals surface area contributed by atoms with Gasteiger partial charge in [0.1, 0.15) is 34.4 Å². The third-order valence-corrected chi connectivity index (χ3v) is 5.36. The largest absolute Gasteiger partial charge is 0.436 e. The average Bonchev–Trinajstić information content (AvgIpc) is 3.32. The number of benzene rings is 1. The Morgan fingerprint density at radius 1 is 0.973 bits per heavy atom. The van der Waals surface area contributed by atoms with Gasteiger partial charge >= 0.3 is 12.1 Å². The summed E-state index contributed by atoms with van der Waals surface area (Å²) >= 11 is 5.77. The lowest BCUT2D eigenvalue weighted by Gasteiger charge is -2.35. The van der Waals surface area contributed by atoms with Crippen LogP contribution in [0.3, 0.4) is 0 Å². The second-order valence-electron chi connectivity index (χ2n) is 7.56. The highest BCUT2D eigenvalue weighted by Gasteiger charge is 2.58. The Morgan fingerprint density at radius 3 is 2.30 bits per heavy atom. The van der Waals surface area contributed by atoms with Gasteiger partial charge in [-0.05, 0) is 40.8 Å². The van der Waals surface area contributed by atoms with Crippen molar-refractivity contribution in [3.63, 3.8) is 0 Å². The van der Waals surface area contributed by atoms with Crippen molar-refractivity contribution in [3.05, 3.63) is 88.6 Å². The van der Waals surface area contributed by atoms with Crippen LogP contribution in [0.25, 0.3) is 0 Å². The molecule has 0 fully saturated rings. The molecule has 1 aromatic carbocycles. The standard InChI is InChI=1S/C21H12ClF7N6O2/c22-15-5-11(21(27,28)29)7-31-18(15)37-13-2-4-17(30-8-13)20(25,26)19(36,9-35-10-32-33-34-35)14-3-1-12(23)6-16(14)24/h1-8,10,36H,9H2. The van der Waals surface area contributed by atoms with Crippen molar-refractivity contribution < 1.29 is 40.6 Å². The lowest BCUT2D eigenvalue weighted by Crippen LogP contribution is -2.48. The van der Waals surface area contributed by atoms with Crippen molar-refractivity contribution in [3.8, 4) is 11.6 Å². The number of tetrazole rings is 1. The van der Waals surface area contributed by atoms with Gasteiger partial charge in [0.2, 0.25) is 5.88 Å². The molecule has 0 aliphatic carbocycles. The molecule has 0 aliphatic rings. The molecule has 1 atom stereocenters. The minimum atomic E-state index is -4.70. The maximum Gasteiger partial charge on any atom is 0.417 e. The van der Waals surface area contributed by atoms with Crippen molar-refractivity contribution in [1.82, 2.24) is 30.2 Å². The van der Waals surface area contributed by atoms with Crippen molar-refractivity contribution in [2.75, 3.05) is 0 Å². The van der Waals surface area contributed by atoms with Crippen LogP contribution >= 0.6 is 11.6 Å². The predicted octanol–water partition coefficient (Wildman–Crippen LogP) is 4.89. The van der Waals surface area contributed by atoms with Gasteiger partial charge in [0, 0.05) is 17.8 Å². The number of alkyl halides is 5. The van der Waals surface area contributed by atoms with Gasteiger partial charge in [0.05, 0.1) is 18.3 Å². The molecule has 0 aliphatic heterocycles. The first-order valence-electron chi connectivity index (χ1n) is 9.95. The number of aromatic nitrogens is 6. The molecule has 16 heteroatoms. The van der Waals surface area contributed by atoms with E-state index in [4.69, 9.17) is 16.3 Å². The number of hydrogen-bond donors (Lipinski definition) is 1. The van der Waals surface area contributed by atoms with E-state index in [1.807, 2.05) is 0 Å². The van der Waals surface area contributed by atoms with Gasteiger partial charge in [0.25, 0.3) is 0 Å². The van der Waals surface area contributed by atoms with E-state index in [2.05, 4.69) is 25.5 Å². The molecule has 194 valence electrons. The molecule has 4 rings (SSSR count). The van der Waals surface area contributed by atoms with Gasteiger partial charge in [-0.3, -0.25) is 4.98 Å². The second kappa shape index (κ2) is 9.55. The van der Waals surface area contributed by atoms with Crippen LogP contribution in [0.2, 0.25) is 5.02 Å². The molecule has 0 radical (unpaired) electrons. The first-order valence-corrected chi connectivity index (χ1v) is 10.3. The van der Waals surface area contributed by atoms with Crippen molar-refractivity contribution in [1.29, 1.82) is 0 Å². The SMILES string of the molecule is OC(Cn1cnnn1)(c1ccc(F)cc1F)C(F)(F)c1ccc(Oc2ncc(C(F)(F)F)cc2Cl)cn1. The van der Waals surface area contributed by atoms with Gasteiger partial charge in [0.15, 0.2) is 5.60 Å². The summed E-state index contributed by atoms with van der Waals surface area (Å²) in [7, 11) is 0. The monoisotopic (exact) mass is 548 g/mol. The van der Waals surface area contributed by atoms with Crippen LogP contribution in [0.4, 0.5) is 30.7 Å². The number of hydrogen-bond acceptors (Lipinski definition) is 7. The molecule has 4 aromatic rings. The molecule has 0 bridgehead atoms. The molecule has 0 amide bonds. The Labute approximate surface area is 207 Å². The summed E-state index contributed by atoms with van der Waals surface area (Å²) in [5.74, 6) is -7.55.